The van der Waals surface area contributed by atoms with E-state index in [0.29, 0.717) is 56.2 Å². The van der Waals surface area contributed by atoms with E-state index in [0.717, 1.165) is 32.1 Å². The first-order valence-electron chi connectivity index (χ1n) is 11.4. The zero-order valence-corrected chi connectivity index (χ0v) is 18.1. The van der Waals surface area contributed by atoms with Gasteiger partial charge in [-0.1, -0.05) is 25.7 Å². The number of carbonyl (C=O) groups excluding carboxylic acids is 4. The van der Waals surface area contributed by atoms with Crippen LogP contribution in [0.2, 0.25) is 0 Å². The second kappa shape index (κ2) is 13.3. The Labute approximate surface area is 183 Å². The Kier molecular flexibility index (Phi) is 10.7. The lowest BCUT2D eigenvalue weighted by Crippen LogP contribution is -2.52. The van der Waals surface area contributed by atoms with Gasteiger partial charge in [0.25, 0.3) is 5.91 Å². The fourth-order valence-corrected chi connectivity index (χ4v) is 4.56. The van der Waals surface area contributed by atoms with E-state index in [-0.39, 0.29) is 25.5 Å². The maximum Gasteiger partial charge on any atom is 0.321 e. The third kappa shape index (κ3) is 8.10. The molecule has 0 unspecified atom stereocenters. The molecular weight excluding hydrogens is 404 g/mol. The van der Waals surface area contributed by atoms with Gasteiger partial charge in [0, 0.05) is 19.7 Å². The molecule has 1 saturated heterocycles. The van der Waals surface area contributed by atoms with Crippen molar-refractivity contribution in [2.24, 2.45) is 11.8 Å². The molecule has 0 aromatic heterocycles. The third-order valence-electron chi connectivity index (χ3n) is 6.17. The molecule has 2 rings (SSSR count). The van der Waals surface area contributed by atoms with Gasteiger partial charge in [0.1, 0.15) is 6.04 Å². The average Bonchev–Trinajstić information content (AvgIpc) is 3.44. The monoisotopic (exact) mass is 440 g/mol. The number of aliphatic hydroxyl groups is 1. The van der Waals surface area contributed by atoms with Crippen LogP contribution in [0.15, 0.2) is 0 Å². The van der Waals surface area contributed by atoms with Gasteiger partial charge in [-0.3, -0.25) is 24.9 Å². The van der Waals surface area contributed by atoms with E-state index in [4.69, 9.17) is 5.11 Å². The van der Waals surface area contributed by atoms with Gasteiger partial charge in [-0.05, 0) is 44.4 Å². The van der Waals surface area contributed by atoms with E-state index in [1.807, 2.05) is 0 Å². The van der Waals surface area contributed by atoms with Crippen molar-refractivity contribution in [2.45, 2.75) is 70.3 Å². The highest BCUT2D eigenvalue weighted by atomic mass is 16.5. The first-order valence-corrected chi connectivity index (χ1v) is 11.4. The number of aliphatic hydroxyl groups excluding tert-OH is 1. The van der Waals surface area contributed by atoms with Crippen LogP contribution in [0.25, 0.3) is 0 Å². The molecule has 1 saturated carbocycles. The minimum Gasteiger partial charge on any atom is -0.396 e. The standard InChI is InChI=1S/C21H36N4O6/c26-12-5-1-4-10-22-21(30)23-19(28)18-9-6-11-25(18)20(29)17(14-24(31)15-27)13-16-7-2-3-8-16/h15-18,26,31H,1-14H2,(H2,22,23,28,30)/t17-,18+/m1/s1. The van der Waals surface area contributed by atoms with Crippen LogP contribution in [0, 0.1) is 11.8 Å². The Hall–Kier alpha value is -2.20. The zero-order valence-electron chi connectivity index (χ0n) is 18.1. The van der Waals surface area contributed by atoms with Gasteiger partial charge in [-0.15, -0.1) is 0 Å². The van der Waals surface area contributed by atoms with Crippen LogP contribution in [0.4, 0.5) is 4.79 Å². The van der Waals surface area contributed by atoms with E-state index in [2.05, 4.69) is 10.6 Å². The number of imide groups is 1. The number of nitrogens with one attached hydrogen (secondary N) is 2. The molecule has 0 spiro atoms. The molecule has 0 aromatic rings. The molecular formula is C21H36N4O6. The van der Waals surface area contributed by atoms with Gasteiger partial charge in [0.15, 0.2) is 0 Å². The number of hydrogen-bond donors (Lipinski definition) is 4. The maximum absolute atomic E-state index is 13.2. The summed E-state index contributed by atoms with van der Waals surface area (Å²) in [7, 11) is 0. The first-order chi connectivity index (χ1) is 15.0. The van der Waals surface area contributed by atoms with Crippen molar-refractivity contribution in [3.05, 3.63) is 0 Å². The molecule has 1 aliphatic carbocycles. The summed E-state index contributed by atoms with van der Waals surface area (Å²) in [6.45, 7) is 0.818. The molecule has 2 aliphatic rings. The van der Waals surface area contributed by atoms with Crippen molar-refractivity contribution in [2.75, 3.05) is 26.2 Å². The highest BCUT2D eigenvalue weighted by molar-refractivity contribution is 5.99. The van der Waals surface area contributed by atoms with Gasteiger partial charge < -0.3 is 15.3 Å². The fourth-order valence-electron chi connectivity index (χ4n) is 4.56. The second-order valence-corrected chi connectivity index (χ2v) is 8.53. The lowest BCUT2D eigenvalue weighted by atomic mass is 9.91. The van der Waals surface area contributed by atoms with Gasteiger partial charge in [0.05, 0.1) is 12.5 Å². The van der Waals surface area contributed by atoms with E-state index < -0.39 is 23.9 Å². The fraction of sp³-hybridized carbons (Fsp3) is 0.810. The van der Waals surface area contributed by atoms with E-state index >= 15 is 0 Å². The van der Waals surface area contributed by atoms with Gasteiger partial charge in [-0.25, -0.2) is 9.86 Å². The highest BCUT2D eigenvalue weighted by Crippen LogP contribution is 2.32. The summed E-state index contributed by atoms with van der Waals surface area (Å²) in [6, 6.07) is -1.33. The Morgan fingerprint density at radius 2 is 1.84 bits per heavy atom. The molecule has 10 nitrogen and oxygen atoms in total. The molecule has 1 aliphatic heterocycles. The van der Waals surface area contributed by atoms with E-state index in [1.165, 1.54) is 4.90 Å². The van der Waals surface area contributed by atoms with E-state index in [1.54, 1.807) is 0 Å². The molecule has 31 heavy (non-hydrogen) atoms. The predicted octanol–water partition coefficient (Wildman–Crippen LogP) is 1.01. The van der Waals surface area contributed by atoms with Crippen LogP contribution in [-0.4, -0.2) is 76.8 Å². The van der Waals surface area contributed by atoms with Crippen LogP contribution in [-0.2, 0) is 14.4 Å². The van der Waals surface area contributed by atoms with Crippen LogP contribution in [0.5, 0.6) is 0 Å². The number of likely N-dealkylation sites (tertiary alicyclic amines) is 1. The lowest BCUT2D eigenvalue weighted by molar-refractivity contribution is -0.158. The number of unbranched alkanes of at least 4 members (excludes halogenated alkanes) is 2. The SMILES string of the molecule is O=CN(O)C[C@@H](CC1CCCC1)C(=O)N1CCC[C@H]1C(=O)NC(=O)NCCCCCO. The average molecular weight is 441 g/mol. The van der Waals surface area contributed by atoms with E-state index in [9.17, 15) is 24.4 Å². The molecule has 2 fully saturated rings. The minimum absolute atomic E-state index is 0.0992. The molecule has 5 amide bonds. The molecule has 10 heteroatoms. The van der Waals surface area contributed by atoms with Crippen LogP contribution in [0.1, 0.15) is 64.2 Å². The summed E-state index contributed by atoms with van der Waals surface area (Å²) in [4.78, 5) is 50.2. The quantitative estimate of drug-likeness (QED) is 0.155. The molecule has 1 heterocycles. The summed E-state index contributed by atoms with van der Waals surface area (Å²) in [6.07, 6.45) is 8.41. The Balaban J connectivity index is 1.92. The summed E-state index contributed by atoms with van der Waals surface area (Å²) in [5.41, 5.74) is 0. The Morgan fingerprint density at radius 3 is 2.52 bits per heavy atom. The van der Waals surface area contributed by atoms with Gasteiger partial charge in [0.2, 0.25) is 12.3 Å². The predicted molar refractivity (Wildman–Crippen MR) is 112 cm³/mol. The molecule has 0 bridgehead atoms. The first kappa shape index (κ1) is 25.1. The number of urea groups is 1. The number of carbonyl (C=O) groups is 4. The number of hydroxylamine groups is 2. The normalized spacial score (nSPS) is 19.8. The zero-order chi connectivity index (χ0) is 22.6. The number of nitrogens with zero attached hydrogens (tertiary/aromatic N) is 2. The maximum atomic E-state index is 13.2. The number of amides is 5. The smallest absolute Gasteiger partial charge is 0.321 e. The second-order valence-electron chi connectivity index (χ2n) is 8.53. The minimum atomic E-state index is -0.734. The topological polar surface area (TPSA) is 139 Å². The van der Waals surface area contributed by atoms with Crippen molar-refractivity contribution in [3.63, 3.8) is 0 Å². The Bertz CT molecular complexity index is 611. The van der Waals surface area contributed by atoms with Gasteiger partial charge in [-0.2, -0.15) is 0 Å². The van der Waals surface area contributed by atoms with Gasteiger partial charge >= 0.3 is 6.03 Å². The van der Waals surface area contributed by atoms with Crippen molar-refractivity contribution in [1.82, 2.24) is 20.6 Å². The van der Waals surface area contributed by atoms with Crippen molar-refractivity contribution in [3.8, 4) is 0 Å². The molecule has 176 valence electrons. The van der Waals surface area contributed by atoms with Crippen molar-refractivity contribution in [1.29, 1.82) is 0 Å². The summed E-state index contributed by atoms with van der Waals surface area (Å²) in [5, 5.41) is 23.8. The number of rotatable bonds is 12. The molecule has 2 atom stereocenters. The van der Waals surface area contributed by atoms with Crippen molar-refractivity contribution < 1.29 is 29.5 Å². The Morgan fingerprint density at radius 1 is 1.10 bits per heavy atom. The largest absolute Gasteiger partial charge is 0.396 e. The molecule has 4 N–H and O–H groups in total. The van der Waals surface area contributed by atoms with Crippen molar-refractivity contribution >= 4 is 24.3 Å². The van der Waals surface area contributed by atoms with Crippen LogP contribution >= 0.6 is 0 Å². The lowest BCUT2D eigenvalue weighted by Gasteiger charge is -2.30. The summed E-state index contributed by atoms with van der Waals surface area (Å²) < 4.78 is 0. The molecule has 0 aromatic carbocycles. The molecule has 0 radical (unpaired) electrons. The summed E-state index contributed by atoms with van der Waals surface area (Å²) >= 11 is 0. The summed E-state index contributed by atoms with van der Waals surface area (Å²) in [5.74, 6) is -0.975. The highest BCUT2D eigenvalue weighted by Gasteiger charge is 2.39. The van der Waals surface area contributed by atoms with Crippen LogP contribution < -0.4 is 10.6 Å². The number of hydrogen-bond acceptors (Lipinski definition) is 6. The van der Waals surface area contributed by atoms with Crippen LogP contribution in [0.3, 0.4) is 0 Å². The third-order valence-corrected chi connectivity index (χ3v) is 6.17.